The number of rotatable bonds is 8. The number of thiol groups is 1. The van der Waals surface area contributed by atoms with Gasteiger partial charge in [-0.05, 0) is 37.0 Å². The molecule has 8 nitrogen and oxygen atoms in total. The number of aliphatic hydroxyl groups is 1. The normalized spacial score (nSPS) is 35.6. The molecule has 0 spiro atoms. The number of β-lactam (4-membered cyclic amide) rings is 1. The molecular formula is C22H31N3O5S2. The van der Waals surface area contributed by atoms with Crippen molar-refractivity contribution >= 4 is 36.5 Å². The van der Waals surface area contributed by atoms with Crippen LogP contribution in [-0.4, -0.2) is 84.8 Å². The molecule has 8 atom stereocenters. The Morgan fingerprint density at radius 3 is 2.78 bits per heavy atom. The van der Waals surface area contributed by atoms with Gasteiger partial charge in [-0.3, -0.25) is 14.4 Å². The average Bonchev–Trinajstić information content (AvgIpc) is 3.19. The zero-order valence-corrected chi connectivity index (χ0v) is 19.9. The van der Waals surface area contributed by atoms with Crippen molar-refractivity contribution < 1.29 is 24.9 Å². The van der Waals surface area contributed by atoms with Gasteiger partial charge in [0.25, 0.3) is 0 Å². The number of aromatic hydroxyl groups is 1. The van der Waals surface area contributed by atoms with Gasteiger partial charge in [0.05, 0.1) is 18.1 Å². The van der Waals surface area contributed by atoms with Gasteiger partial charge in [0.2, 0.25) is 5.91 Å². The van der Waals surface area contributed by atoms with Crippen LogP contribution in [0.15, 0.2) is 24.3 Å². The summed E-state index contributed by atoms with van der Waals surface area (Å²) in [6.07, 6.45) is 0.102. The van der Waals surface area contributed by atoms with E-state index >= 15 is 0 Å². The van der Waals surface area contributed by atoms with Crippen molar-refractivity contribution in [3.8, 4) is 5.75 Å². The molecule has 3 aliphatic heterocycles. The number of phenolic OH excluding ortho intramolecular Hbond substituents is 1. The lowest BCUT2D eigenvalue weighted by Gasteiger charge is -2.47. The van der Waals surface area contributed by atoms with Crippen molar-refractivity contribution in [3.63, 3.8) is 0 Å². The van der Waals surface area contributed by atoms with E-state index < -0.39 is 24.0 Å². The van der Waals surface area contributed by atoms with Crippen molar-refractivity contribution in [1.29, 1.82) is 0 Å². The molecule has 0 bridgehead atoms. The SMILES string of the molecule is CC(O)C1C(=O)N2C(C(=O)O)C(SC3CC(CNS)N(Cc4cccc(O)c4)C3)C(C)C12. The Morgan fingerprint density at radius 1 is 1.41 bits per heavy atom. The van der Waals surface area contributed by atoms with Gasteiger partial charge < -0.3 is 20.2 Å². The number of fused-ring (bicyclic) bond motifs is 1. The first kappa shape index (κ1) is 23.7. The number of carboxylic acids is 1. The average molecular weight is 482 g/mol. The molecule has 0 radical (unpaired) electrons. The van der Waals surface area contributed by atoms with E-state index in [1.54, 1.807) is 30.8 Å². The first-order valence-corrected chi connectivity index (χ1v) is 12.4. The third-order valence-electron chi connectivity index (χ3n) is 7.13. The fraction of sp³-hybridized carbons (Fsp3) is 0.636. The molecule has 4 N–H and O–H groups in total. The molecule has 3 aliphatic rings. The lowest BCUT2D eigenvalue weighted by molar-refractivity contribution is -0.170. The molecule has 1 amide bonds. The van der Waals surface area contributed by atoms with Crippen molar-refractivity contribution in [2.45, 2.75) is 61.5 Å². The van der Waals surface area contributed by atoms with Gasteiger partial charge in [-0.1, -0.05) is 31.9 Å². The predicted octanol–water partition coefficient (Wildman–Crippen LogP) is 1.18. The number of amides is 1. The second kappa shape index (κ2) is 9.42. The van der Waals surface area contributed by atoms with Gasteiger partial charge in [0.1, 0.15) is 11.8 Å². The Morgan fingerprint density at radius 2 is 2.16 bits per heavy atom. The Bertz CT molecular complexity index is 872. The van der Waals surface area contributed by atoms with Gasteiger partial charge in [-0.15, -0.1) is 0 Å². The molecule has 8 unspecified atom stereocenters. The van der Waals surface area contributed by atoms with Crippen LogP contribution in [0, 0.1) is 11.8 Å². The maximum Gasteiger partial charge on any atom is 0.327 e. The topological polar surface area (TPSA) is 113 Å². The number of likely N-dealkylation sites (tertiary alicyclic amines) is 1. The van der Waals surface area contributed by atoms with Crippen molar-refractivity contribution in [3.05, 3.63) is 29.8 Å². The van der Waals surface area contributed by atoms with Crippen LogP contribution in [0.2, 0.25) is 0 Å². The van der Waals surface area contributed by atoms with Crippen LogP contribution < -0.4 is 4.72 Å². The fourth-order valence-electron chi connectivity index (χ4n) is 5.71. The number of carboxylic acid groups (broad SMARTS) is 1. The summed E-state index contributed by atoms with van der Waals surface area (Å²) in [4.78, 5) is 28.6. The Kier molecular flexibility index (Phi) is 6.97. The van der Waals surface area contributed by atoms with Crippen LogP contribution >= 0.6 is 24.6 Å². The minimum Gasteiger partial charge on any atom is -0.508 e. The van der Waals surface area contributed by atoms with Crippen LogP contribution in [0.5, 0.6) is 5.75 Å². The van der Waals surface area contributed by atoms with Crippen LogP contribution in [-0.2, 0) is 16.1 Å². The molecular weight excluding hydrogens is 450 g/mol. The highest BCUT2D eigenvalue weighted by molar-refractivity contribution is 8.00. The smallest absolute Gasteiger partial charge is 0.327 e. The molecule has 0 saturated carbocycles. The molecule has 0 aliphatic carbocycles. The number of thioether (sulfide) groups is 1. The highest BCUT2D eigenvalue weighted by atomic mass is 32.2. The zero-order valence-electron chi connectivity index (χ0n) is 18.2. The minimum absolute atomic E-state index is 0.0139. The van der Waals surface area contributed by atoms with E-state index in [4.69, 9.17) is 0 Å². The number of aliphatic hydroxyl groups excluding tert-OH is 1. The summed E-state index contributed by atoms with van der Waals surface area (Å²) in [5, 5.41) is 29.8. The van der Waals surface area contributed by atoms with Gasteiger partial charge in [0.15, 0.2) is 0 Å². The summed E-state index contributed by atoms with van der Waals surface area (Å²) in [6, 6.07) is 6.38. The number of hydrogen-bond donors (Lipinski definition) is 5. The summed E-state index contributed by atoms with van der Waals surface area (Å²) < 4.78 is 2.95. The lowest BCUT2D eigenvalue weighted by atomic mass is 9.79. The molecule has 10 heteroatoms. The predicted molar refractivity (Wildman–Crippen MR) is 125 cm³/mol. The number of nitrogens with one attached hydrogen (secondary N) is 1. The Hall–Kier alpha value is -1.46. The molecule has 4 rings (SSSR count). The summed E-state index contributed by atoms with van der Waals surface area (Å²) >= 11 is 5.85. The van der Waals surface area contributed by atoms with E-state index in [1.165, 1.54) is 4.90 Å². The monoisotopic (exact) mass is 481 g/mol. The first-order valence-electron chi connectivity index (χ1n) is 11.0. The van der Waals surface area contributed by atoms with E-state index in [0.717, 1.165) is 18.5 Å². The van der Waals surface area contributed by atoms with Crippen LogP contribution in [0.1, 0.15) is 25.8 Å². The van der Waals surface area contributed by atoms with Gasteiger partial charge >= 0.3 is 5.97 Å². The summed E-state index contributed by atoms with van der Waals surface area (Å²) in [5.41, 5.74) is 1.02. The van der Waals surface area contributed by atoms with Gasteiger partial charge in [-0.2, -0.15) is 11.8 Å². The van der Waals surface area contributed by atoms with Crippen molar-refractivity contribution in [1.82, 2.24) is 14.5 Å². The number of benzene rings is 1. The highest BCUT2D eigenvalue weighted by Gasteiger charge is 2.64. The van der Waals surface area contributed by atoms with Gasteiger partial charge in [-0.25, -0.2) is 4.79 Å². The van der Waals surface area contributed by atoms with E-state index in [-0.39, 0.29) is 40.2 Å². The lowest BCUT2D eigenvalue weighted by Crippen LogP contribution is -2.65. The quantitative estimate of drug-likeness (QED) is 0.278. The first-order chi connectivity index (χ1) is 15.2. The van der Waals surface area contributed by atoms with E-state index in [0.29, 0.717) is 13.1 Å². The second-order valence-corrected chi connectivity index (χ2v) is 11.0. The summed E-state index contributed by atoms with van der Waals surface area (Å²) in [7, 11) is 0. The minimum atomic E-state index is -0.975. The fourth-order valence-corrected chi connectivity index (χ4v) is 7.78. The number of hydrogen-bond acceptors (Lipinski definition) is 8. The third-order valence-corrected chi connectivity index (χ3v) is 9.04. The molecule has 3 fully saturated rings. The molecule has 1 aromatic rings. The van der Waals surface area contributed by atoms with Crippen LogP contribution in [0.3, 0.4) is 0 Å². The van der Waals surface area contributed by atoms with Crippen molar-refractivity contribution in [2.75, 3.05) is 13.1 Å². The third kappa shape index (κ3) is 4.23. The Labute approximate surface area is 197 Å². The number of carbonyl (C=O) groups is 2. The summed E-state index contributed by atoms with van der Waals surface area (Å²) in [6.45, 7) is 5.78. The van der Waals surface area contributed by atoms with Crippen molar-refractivity contribution in [2.24, 2.45) is 11.8 Å². The highest BCUT2D eigenvalue weighted by Crippen LogP contribution is 2.50. The molecule has 1 aromatic carbocycles. The Balaban J connectivity index is 1.48. The number of phenols is 1. The number of nitrogens with zero attached hydrogens (tertiary/aromatic N) is 2. The maximum atomic E-state index is 12.6. The largest absolute Gasteiger partial charge is 0.508 e. The molecule has 3 saturated heterocycles. The number of aliphatic carboxylic acids is 1. The molecule has 176 valence electrons. The maximum absolute atomic E-state index is 12.6. The van der Waals surface area contributed by atoms with E-state index in [1.807, 2.05) is 19.1 Å². The summed E-state index contributed by atoms with van der Waals surface area (Å²) in [5.74, 6) is -1.51. The van der Waals surface area contributed by atoms with Gasteiger partial charge in [0, 0.05) is 36.2 Å². The zero-order chi connectivity index (χ0) is 23.2. The van der Waals surface area contributed by atoms with Crippen LogP contribution in [0.4, 0.5) is 0 Å². The van der Waals surface area contributed by atoms with Crippen LogP contribution in [0.25, 0.3) is 0 Å². The van der Waals surface area contributed by atoms with E-state index in [9.17, 15) is 24.9 Å². The second-order valence-electron chi connectivity index (χ2n) is 9.22. The molecule has 0 aromatic heterocycles. The molecule has 3 heterocycles. The molecule has 32 heavy (non-hydrogen) atoms. The standard InChI is InChI=1S/C22H31N3O5S2/c1-11-18-17(12(2)26)21(28)25(18)19(22(29)30)20(11)32-16-7-14(8-23-31)24(10-16)9-13-4-3-5-15(27)6-13/h3-6,11-12,14,16-20,23,26-27,31H,7-10H2,1-2H3,(H,29,30). The van der Waals surface area contributed by atoms with E-state index in [2.05, 4.69) is 22.4 Å². The number of carbonyl (C=O) groups excluding carboxylic acids is 1.